The Labute approximate surface area is 169 Å². The van der Waals surface area contributed by atoms with Crippen molar-refractivity contribution in [2.45, 2.75) is 25.7 Å². The lowest BCUT2D eigenvalue weighted by Crippen LogP contribution is -2.24. The molecule has 0 radical (unpaired) electrons. The Morgan fingerprint density at radius 1 is 1.13 bits per heavy atom. The molecule has 0 fully saturated rings. The highest BCUT2D eigenvalue weighted by Crippen LogP contribution is 2.26. The number of methoxy groups -OCH3 is 1. The number of nitrogens with one attached hydrogen (secondary N) is 1. The van der Waals surface area contributed by atoms with Gasteiger partial charge in [0.2, 0.25) is 17.6 Å². The zero-order valence-corrected chi connectivity index (χ0v) is 15.9. The van der Waals surface area contributed by atoms with Gasteiger partial charge in [0.25, 0.3) is 0 Å². The van der Waals surface area contributed by atoms with Gasteiger partial charge in [-0.1, -0.05) is 23.4 Å². The van der Waals surface area contributed by atoms with Crippen molar-refractivity contribution >= 4 is 5.91 Å². The molecule has 10 heteroatoms. The molecule has 1 amide bonds. The Hall–Kier alpha value is -3.56. The summed E-state index contributed by atoms with van der Waals surface area (Å²) in [6.45, 7) is -0.105. The first kappa shape index (κ1) is 21.2. The minimum absolute atomic E-state index is 0.0343. The molecule has 3 rings (SSSR count). The van der Waals surface area contributed by atoms with Crippen LogP contribution in [0, 0.1) is 0 Å². The van der Waals surface area contributed by atoms with Gasteiger partial charge >= 0.3 is 6.36 Å². The number of halogens is 3. The molecule has 0 aliphatic heterocycles. The van der Waals surface area contributed by atoms with Crippen molar-refractivity contribution in [3.05, 3.63) is 60.0 Å². The third-order valence-corrected chi connectivity index (χ3v) is 4.06. The largest absolute Gasteiger partial charge is 0.573 e. The van der Waals surface area contributed by atoms with Crippen LogP contribution in [0.3, 0.4) is 0 Å². The summed E-state index contributed by atoms with van der Waals surface area (Å²) in [6.07, 6.45) is -4.58. The minimum Gasteiger partial charge on any atom is -0.497 e. The maximum Gasteiger partial charge on any atom is 0.573 e. The number of alkyl halides is 3. The second-order valence-electron chi connectivity index (χ2n) is 6.17. The molecule has 0 aliphatic rings. The predicted octanol–water partition coefficient (Wildman–Crippen LogP) is 3.89. The van der Waals surface area contributed by atoms with Crippen LogP contribution in [0.1, 0.15) is 17.9 Å². The summed E-state index contributed by atoms with van der Waals surface area (Å²) >= 11 is 0. The molecule has 0 saturated carbocycles. The van der Waals surface area contributed by atoms with E-state index in [0.29, 0.717) is 11.6 Å². The first-order valence-corrected chi connectivity index (χ1v) is 8.91. The third kappa shape index (κ3) is 5.97. The average molecular weight is 421 g/mol. The molecular weight excluding hydrogens is 403 g/mol. The highest BCUT2D eigenvalue weighted by Gasteiger charge is 2.32. The summed E-state index contributed by atoms with van der Waals surface area (Å²) in [7, 11) is 1.56. The SMILES string of the molecule is COc1ccc(-c2noc(CCC(=O)NCc3ccccc3OC(F)(F)F)n2)cc1. The Balaban J connectivity index is 1.51. The maximum absolute atomic E-state index is 12.5. The van der Waals surface area contributed by atoms with Crippen LogP contribution in [0.15, 0.2) is 53.1 Å². The molecule has 0 unspecified atom stereocenters. The zero-order valence-electron chi connectivity index (χ0n) is 15.9. The van der Waals surface area contributed by atoms with E-state index >= 15 is 0 Å². The van der Waals surface area contributed by atoms with Crippen LogP contribution in [0.2, 0.25) is 0 Å². The van der Waals surface area contributed by atoms with Gasteiger partial charge in [0.05, 0.1) is 7.11 Å². The van der Waals surface area contributed by atoms with Crippen molar-refractivity contribution in [2.24, 2.45) is 0 Å². The Bertz CT molecular complexity index is 987. The van der Waals surface area contributed by atoms with Gasteiger partial charge < -0.3 is 19.3 Å². The molecule has 1 N–H and O–H groups in total. The number of amides is 1. The molecule has 0 bridgehead atoms. The average Bonchev–Trinajstić information content (AvgIpc) is 3.19. The van der Waals surface area contributed by atoms with Gasteiger partial charge in [0.15, 0.2) is 0 Å². The third-order valence-electron chi connectivity index (χ3n) is 4.06. The summed E-state index contributed by atoms with van der Waals surface area (Å²) in [4.78, 5) is 16.3. The van der Waals surface area contributed by atoms with Crippen LogP contribution in [-0.2, 0) is 17.8 Å². The molecule has 158 valence electrons. The van der Waals surface area contributed by atoms with Crippen LogP contribution in [0.25, 0.3) is 11.4 Å². The minimum atomic E-state index is -4.81. The number of ether oxygens (including phenoxy) is 2. The molecular formula is C20H18F3N3O4. The Morgan fingerprint density at radius 2 is 1.87 bits per heavy atom. The Kier molecular flexibility index (Phi) is 6.55. The van der Waals surface area contributed by atoms with E-state index in [1.807, 2.05) is 0 Å². The number of aryl methyl sites for hydroxylation is 1. The number of carbonyl (C=O) groups excluding carboxylic acids is 1. The van der Waals surface area contributed by atoms with Gasteiger partial charge in [-0.3, -0.25) is 4.79 Å². The number of hydrogen-bond acceptors (Lipinski definition) is 6. The highest BCUT2D eigenvalue weighted by molar-refractivity contribution is 5.76. The normalized spacial score (nSPS) is 11.2. The Morgan fingerprint density at radius 3 is 2.57 bits per heavy atom. The lowest BCUT2D eigenvalue weighted by molar-refractivity contribution is -0.274. The number of benzene rings is 2. The van der Waals surface area contributed by atoms with Crippen molar-refractivity contribution in [1.82, 2.24) is 15.5 Å². The second-order valence-corrected chi connectivity index (χ2v) is 6.17. The van der Waals surface area contributed by atoms with Gasteiger partial charge in [0.1, 0.15) is 11.5 Å². The van der Waals surface area contributed by atoms with E-state index in [0.717, 1.165) is 5.56 Å². The van der Waals surface area contributed by atoms with Gasteiger partial charge in [-0.05, 0) is 30.3 Å². The molecule has 7 nitrogen and oxygen atoms in total. The van der Waals surface area contributed by atoms with Crippen molar-refractivity contribution in [2.75, 3.05) is 7.11 Å². The molecule has 0 spiro atoms. The van der Waals surface area contributed by atoms with E-state index in [9.17, 15) is 18.0 Å². The highest BCUT2D eigenvalue weighted by atomic mass is 19.4. The fourth-order valence-electron chi connectivity index (χ4n) is 2.59. The summed E-state index contributed by atoms with van der Waals surface area (Å²) in [5, 5.41) is 6.43. The van der Waals surface area contributed by atoms with Gasteiger partial charge in [-0.15, -0.1) is 13.2 Å². The first-order valence-electron chi connectivity index (χ1n) is 8.91. The smallest absolute Gasteiger partial charge is 0.497 e. The van der Waals surface area contributed by atoms with Crippen molar-refractivity contribution in [1.29, 1.82) is 0 Å². The van der Waals surface area contributed by atoms with Crippen LogP contribution in [-0.4, -0.2) is 29.5 Å². The maximum atomic E-state index is 12.5. The van der Waals surface area contributed by atoms with Crippen LogP contribution >= 0.6 is 0 Å². The van der Waals surface area contributed by atoms with E-state index in [4.69, 9.17) is 9.26 Å². The second kappa shape index (κ2) is 9.29. The summed E-state index contributed by atoms with van der Waals surface area (Å²) < 4.78 is 51.6. The lowest BCUT2D eigenvalue weighted by Gasteiger charge is -2.13. The quantitative estimate of drug-likeness (QED) is 0.594. The van der Waals surface area contributed by atoms with Gasteiger partial charge in [-0.2, -0.15) is 4.98 Å². The predicted molar refractivity (Wildman–Crippen MR) is 99.6 cm³/mol. The van der Waals surface area contributed by atoms with Crippen LogP contribution in [0.4, 0.5) is 13.2 Å². The van der Waals surface area contributed by atoms with Gasteiger partial charge in [-0.25, -0.2) is 0 Å². The molecule has 1 heterocycles. The number of aromatic nitrogens is 2. The number of nitrogens with zero attached hydrogens (tertiary/aromatic N) is 2. The standard InChI is InChI=1S/C20H18F3N3O4/c1-28-15-8-6-13(7-9-15)19-25-18(30-26-19)11-10-17(27)24-12-14-4-2-3-5-16(14)29-20(21,22)23/h2-9H,10-12H2,1H3,(H,24,27). The number of para-hydroxylation sites is 1. The van der Waals surface area contributed by atoms with Crippen LogP contribution in [0.5, 0.6) is 11.5 Å². The molecule has 30 heavy (non-hydrogen) atoms. The topological polar surface area (TPSA) is 86.5 Å². The van der Waals surface area contributed by atoms with E-state index < -0.39 is 6.36 Å². The first-order chi connectivity index (χ1) is 14.3. The van der Waals surface area contributed by atoms with Gasteiger partial charge in [0, 0.05) is 30.5 Å². The van der Waals surface area contributed by atoms with Crippen molar-refractivity contribution in [3.63, 3.8) is 0 Å². The molecule has 2 aromatic carbocycles. The summed E-state index contributed by atoms with van der Waals surface area (Å²) in [5.74, 6) is 0.622. The fraction of sp³-hybridized carbons (Fsp3) is 0.250. The molecule has 0 atom stereocenters. The summed E-state index contributed by atoms with van der Waals surface area (Å²) in [6, 6.07) is 12.7. The van der Waals surface area contributed by atoms with E-state index in [1.54, 1.807) is 37.4 Å². The fourth-order valence-corrected chi connectivity index (χ4v) is 2.59. The number of carbonyl (C=O) groups is 1. The van der Waals surface area contributed by atoms with E-state index in [-0.39, 0.29) is 42.5 Å². The van der Waals surface area contributed by atoms with Crippen molar-refractivity contribution < 1.29 is 32.0 Å². The van der Waals surface area contributed by atoms with E-state index in [2.05, 4.69) is 20.2 Å². The number of rotatable bonds is 8. The lowest BCUT2D eigenvalue weighted by atomic mass is 10.2. The molecule has 0 aliphatic carbocycles. The molecule has 3 aromatic rings. The molecule has 1 aromatic heterocycles. The van der Waals surface area contributed by atoms with E-state index in [1.165, 1.54) is 18.2 Å². The number of hydrogen-bond donors (Lipinski definition) is 1. The summed E-state index contributed by atoms with van der Waals surface area (Å²) in [5.41, 5.74) is 0.944. The van der Waals surface area contributed by atoms with Crippen molar-refractivity contribution in [3.8, 4) is 22.9 Å². The monoisotopic (exact) mass is 421 g/mol. The molecule has 0 saturated heterocycles. The zero-order chi connectivity index (χ0) is 21.6. The van der Waals surface area contributed by atoms with Crippen LogP contribution < -0.4 is 14.8 Å².